The lowest BCUT2D eigenvalue weighted by Crippen LogP contribution is -2.48. The van der Waals surface area contributed by atoms with Crippen LogP contribution in [0.15, 0.2) is 29.2 Å². The molecule has 0 N–H and O–H groups in total. The second-order valence-corrected chi connectivity index (χ2v) is 6.13. The summed E-state index contributed by atoms with van der Waals surface area (Å²) in [5.74, 6) is -1.71. The molecule has 4 nitrogen and oxygen atoms in total. The van der Waals surface area contributed by atoms with E-state index in [0.717, 1.165) is 27.8 Å². The summed E-state index contributed by atoms with van der Waals surface area (Å²) in [6.45, 7) is 3.36. The number of hydrogen-bond donors (Lipinski definition) is 0. The van der Waals surface area contributed by atoms with Crippen molar-refractivity contribution < 1.29 is 14.7 Å². The van der Waals surface area contributed by atoms with Gasteiger partial charge in [-0.3, -0.25) is 9.69 Å². The lowest BCUT2D eigenvalue weighted by molar-refractivity contribution is -0.309. The standard InChI is InChI=1S/C14H13NO3S2/c1-8-3-5-10(6-4-8)7-11-12(16)15(14(19)20-11)9(2)13(17)18/h3-7,9H,1-2H3,(H,17,18)/p-1. The Bertz CT molecular complexity index is 607. The molecule has 0 spiro atoms. The summed E-state index contributed by atoms with van der Waals surface area (Å²) in [5, 5.41) is 10.9. The molecule has 1 unspecified atom stereocenters. The number of aliphatic carboxylic acids is 1. The van der Waals surface area contributed by atoms with Gasteiger partial charge < -0.3 is 9.90 Å². The lowest BCUT2D eigenvalue weighted by Gasteiger charge is -2.23. The van der Waals surface area contributed by atoms with Crippen LogP contribution >= 0.6 is 24.0 Å². The average molecular weight is 306 g/mol. The van der Waals surface area contributed by atoms with Crippen LogP contribution in [0.1, 0.15) is 18.1 Å². The van der Waals surface area contributed by atoms with Crippen LogP contribution in [0.25, 0.3) is 6.08 Å². The number of carboxylic acid groups (broad SMARTS) is 1. The number of aryl methyl sites for hydroxylation is 1. The summed E-state index contributed by atoms with van der Waals surface area (Å²) >= 11 is 6.17. The minimum Gasteiger partial charge on any atom is -0.548 e. The Morgan fingerprint density at radius 3 is 2.55 bits per heavy atom. The van der Waals surface area contributed by atoms with E-state index < -0.39 is 17.9 Å². The first-order valence-electron chi connectivity index (χ1n) is 5.94. The van der Waals surface area contributed by atoms with Gasteiger partial charge in [-0.2, -0.15) is 0 Å². The molecule has 1 atom stereocenters. The molecule has 0 bridgehead atoms. The van der Waals surface area contributed by atoms with E-state index in [4.69, 9.17) is 12.2 Å². The molecule has 1 aliphatic heterocycles. The summed E-state index contributed by atoms with van der Waals surface area (Å²) in [4.78, 5) is 24.6. The van der Waals surface area contributed by atoms with E-state index in [1.54, 1.807) is 6.08 Å². The molecule has 1 fully saturated rings. The fraction of sp³-hybridized carbons (Fsp3) is 0.214. The number of thiocarbonyl (C=S) groups is 1. The maximum absolute atomic E-state index is 12.2. The molecule has 20 heavy (non-hydrogen) atoms. The Morgan fingerprint density at radius 1 is 1.40 bits per heavy atom. The van der Waals surface area contributed by atoms with Crippen molar-refractivity contribution in [2.75, 3.05) is 0 Å². The first-order valence-corrected chi connectivity index (χ1v) is 7.17. The third kappa shape index (κ3) is 2.91. The second kappa shape index (κ2) is 5.76. The molecule has 1 heterocycles. The van der Waals surface area contributed by atoms with Gasteiger partial charge in [0.25, 0.3) is 5.91 Å². The molecule has 1 aromatic carbocycles. The topological polar surface area (TPSA) is 60.4 Å². The molecule has 0 saturated carbocycles. The van der Waals surface area contributed by atoms with Crippen molar-refractivity contribution in [3.63, 3.8) is 0 Å². The molecule has 0 aliphatic carbocycles. The van der Waals surface area contributed by atoms with Gasteiger partial charge in [0, 0.05) is 0 Å². The van der Waals surface area contributed by atoms with Gasteiger partial charge >= 0.3 is 0 Å². The highest BCUT2D eigenvalue weighted by Crippen LogP contribution is 2.33. The van der Waals surface area contributed by atoms with E-state index >= 15 is 0 Å². The number of thioether (sulfide) groups is 1. The fourth-order valence-corrected chi connectivity index (χ4v) is 3.15. The molecule has 0 radical (unpaired) electrons. The summed E-state index contributed by atoms with van der Waals surface area (Å²) in [6, 6.07) is 6.60. The van der Waals surface area contributed by atoms with Crippen molar-refractivity contribution in [3.05, 3.63) is 40.3 Å². The van der Waals surface area contributed by atoms with Gasteiger partial charge in [-0.15, -0.1) is 0 Å². The van der Waals surface area contributed by atoms with Crippen molar-refractivity contribution in [3.8, 4) is 0 Å². The fourth-order valence-electron chi connectivity index (χ4n) is 1.73. The zero-order valence-corrected chi connectivity index (χ0v) is 12.6. The van der Waals surface area contributed by atoms with Gasteiger partial charge in [0.2, 0.25) is 0 Å². The number of carboxylic acids is 1. The van der Waals surface area contributed by atoms with Gasteiger partial charge in [-0.1, -0.05) is 53.8 Å². The minimum atomic E-state index is -1.32. The third-order valence-electron chi connectivity index (χ3n) is 2.93. The quantitative estimate of drug-likeness (QED) is 0.623. The highest BCUT2D eigenvalue weighted by molar-refractivity contribution is 8.26. The molecule has 1 amide bonds. The van der Waals surface area contributed by atoms with Crippen LogP contribution in [0.5, 0.6) is 0 Å². The van der Waals surface area contributed by atoms with Gasteiger partial charge in [0.15, 0.2) is 0 Å². The number of benzene rings is 1. The van der Waals surface area contributed by atoms with Crippen LogP contribution < -0.4 is 5.11 Å². The molecule has 1 aromatic rings. The monoisotopic (exact) mass is 306 g/mol. The molecule has 0 aromatic heterocycles. The van der Waals surface area contributed by atoms with E-state index in [1.807, 2.05) is 31.2 Å². The predicted octanol–water partition coefficient (Wildman–Crippen LogP) is 1.33. The average Bonchev–Trinajstić information content (AvgIpc) is 2.66. The Kier molecular flexibility index (Phi) is 4.25. The third-order valence-corrected chi connectivity index (χ3v) is 4.26. The maximum Gasteiger partial charge on any atom is 0.266 e. The van der Waals surface area contributed by atoms with Crippen LogP contribution in [0, 0.1) is 6.92 Å². The Hall–Kier alpha value is -1.66. The van der Waals surface area contributed by atoms with Crippen LogP contribution in [0.2, 0.25) is 0 Å². The lowest BCUT2D eigenvalue weighted by atomic mass is 10.1. The number of hydrogen-bond acceptors (Lipinski definition) is 5. The van der Waals surface area contributed by atoms with Crippen LogP contribution in [0.4, 0.5) is 0 Å². The van der Waals surface area contributed by atoms with Crippen molar-refractivity contribution in [1.29, 1.82) is 0 Å². The number of carbonyl (C=O) groups is 2. The van der Waals surface area contributed by atoms with Crippen molar-refractivity contribution in [2.45, 2.75) is 19.9 Å². The van der Waals surface area contributed by atoms with Gasteiger partial charge in [-0.05, 0) is 25.5 Å². The van der Waals surface area contributed by atoms with E-state index in [9.17, 15) is 14.7 Å². The molecule has 6 heteroatoms. The highest BCUT2D eigenvalue weighted by Gasteiger charge is 2.35. The Labute approximate surface area is 126 Å². The van der Waals surface area contributed by atoms with E-state index in [1.165, 1.54) is 6.92 Å². The second-order valence-electron chi connectivity index (χ2n) is 4.46. The van der Waals surface area contributed by atoms with Gasteiger partial charge in [0.05, 0.1) is 16.9 Å². The normalized spacial score (nSPS) is 18.7. The van der Waals surface area contributed by atoms with Gasteiger partial charge in [-0.25, -0.2) is 0 Å². The SMILES string of the molecule is Cc1ccc(C=C2SC(=S)N(C(C)C(=O)[O-])C2=O)cc1. The van der Waals surface area contributed by atoms with Gasteiger partial charge in [0.1, 0.15) is 4.32 Å². The molecule has 1 aliphatic rings. The van der Waals surface area contributed by atoms with Crippen LogP contribution in [0.3, 0.4) is 0 Å². The van der Waals surface area contributed by atoms with Crippen molar-refractivity contribution in [2.24, 2.45) is 0 Å². The molecule has 104 valence electrons. The summed E-state index contributed by atoms with van der Waals surface area (Å²) in [5.41, 5.74) is 2.00. The summed E-state index contributed by atoms with van der Waals surface area (Å²) < 4.78 is 0.241. The smallest absolute Gasteiger partial charge is 0.266 e. The summed E-state index contributed by atoms with van der Waals surface area (Å²) in [7, 11) is 0. The molecule has 2 rings (SSSR count). The highest BCUT2D eigenvalue weighted by atomic mass is 32.2. The van der Waals surface area contributed by atoms with E-state index in [2.05, 4.69) is 0 Å². The van der Waals surface area contributed by atoms with E-state index in [-0.39, 0.29) is 4.32 Å². The zero-order chi connectivity index (χ0) is 14.9. The van der Waals surface area contributed by atoms with Crippen LogP contribution in [-0.2, 0) is 9.59 Å². The first-order chi connectivity index (χ1) is 9.40. The predicted molar refractivity (Wildman–Crippen MR) is 80.7 cm³/mol. The van der Waals surface area contributed by atoms with Crippen LogP contribution in [-0.4, -0.2) is 27.1 Å². The zero-order valence-electron chi connectivity index (χ0n) is 11.0. The van der Waals surface area contributed by atoms with E-state index in [0.29, 0.717) is 4.91 Å². The Morgan fingerprint density at radius 2 is 2.00 bits per heavy atom. The molecule has 1 saturated heterocycles. The summed E-state index contributed by atoms with van der Waals surface area (Å²) in [6.07, 6.45) is 1.71. The number of carbonyl (C=O) groups excluding carboxylic acids is 2. The minimum absolute atomic E-state index is 0.241. The maximum atomic E-state index is 12.2. The Balaban J connectivity index is 2.28. The molecular formula is C14H12NO3S2-. The van der Waals surface area contributed by atoms with Crippen molar-refractivity contribution in [1.82, 2.24) is 4.90 Å². The largest absolute Gasteiger partial charge is 0.548 e. The first kappa shape index (κ1) is 14.7. The van der Waals surface area contributed by atoms with Crippen molar-refractivity contribution >= 4 is 46.3 Å². The number of nitrogens with zero attached hydrogens (tertiary/aromatic N) is 1. The number of amides is 1. The molecular weight excluding hydrogens is 294 g/mol. The number of rotatable bonds is 3.